The number of nitrogens with zero attached hydrogens (tertiary/aromatic N) is 5. The van der Waals surface area contributed by atoms with E-state index in [0.29, 0.717) is 12.1 Å². The van der Waals surface area contributed by atoms with E-state index in [-0.39, 0.29) is 5.91 Å². The van der Waals surface area contributed by atoms with Crippen molar-refractivity contribution in [3.63, 3.8) is 0 Å². The second-order valence-electron chi connectivity index (χ2n) is 8.54. The van der Waals surface area contributed by atoms with Crippen LogP contribution in [0.15, 0.2) is 61.2 Å². The summed E-state index contributed by atoms with van der Waals surface area (Å²) < 4.78 is 1.89. The first kappa shape index (κ1) is 21.8. The summed E-state index contributed by atoms with van der Waals surface area (Å²) in [5, 5.41) is 9.42. The lowest BCUT2D eigenvalue weighted by Gasteiger charge is -2.11. The number of amides is 1. The van der Waals surface area contributed by atoms with Crippen LogP contribution in [0.25, 0.3) is 44.3 Å². The number of rotatable bonds is 7. The van der Waals surface area contributed by atoms with Gasteiger partial charge >= 0.3 is 0 Å². The fourth-order valence-corrected chi connectivity index (χ4v) is 4.08. The van der Waals surface area contributed by atoms with Crippen LogP contribution in [-0.4, -0.2) is 62.7 Å². The summed E-state index contributed by atoms with van der Waals surface area (Å²) in [4.78, 5) is 27.1. The maximum Gasteiger partial charge on any atom is 0.251 e. The monoisotopic (exact) mass is 453 g/mol. The van der Waals surface area contributed by atoms with E-state index in [1.807, 2.05) is 72.6 Å². The smallest absolute Gasteiger partial charge is 0.251 e. The third-order valence-electron chi connectivity index (χ3n) is 5.93. The van der Waals surface area contributed by atoms with E-state index in [2.05, 4.69) is 38.4 Å². The van der Waals surface area contributed by atoms with Crippen LogP contribution in [0.4, 0.5) is 0 Å². The Morgan fingerprint density at radius 2 is 1.91 bits per heavy atom. The van der Waals surface area contributed by atoms with Crippen molar-refractivity contribution in [1.29, 1.82) is 0 Å². The van der Waals surface area contributed by atoms with Crippen LogP contribution in [0.1, 0.15) is 17.3 Å². The summed E-state index contributed by atoms with van der Waals surface area (Å²) in [7, 11) is 3.97. The van der Waals surface area contributed by atoms with Crippen molar-refractivity contribution in [3.05, 3.63) is 66.7 Å². The van der Waals surface area contributed by atoms with Crippen LogP contribution in [0.3, 0.4) is 0 Å². The Kier molecular flexibility index (Phi) is 5.81. The van der Waals surface area contributed by atoms with Crippen LogP contribution in [0, 0.1) is 0 Å². The van der Waals surface area contributed by atoms with Gasteiger partial charge in [-0.05, 0) is 56.4 Å². The molecule has 2 N–H and O–H groups in total. The highest BCUT2D eigenvalue weighted by Crippen LogP contribution is 2.34. The topological polar surface area (TPSA) is 91.7 Å². The maximum absolute atomic E-state index is 12.5. The number of benzene rings is 1. The highest BCUT2D eigenvalue weighted by Gasteiger charge is 2.14. The zero-order valence-corrected chi connectivity index (χ0v) is 19.5. The van der Waals surface area contributed by atoms with Crippen molar-refractivity contribution in [3.8, 4) is 22.4 Å². The molecule has 5 aromatic rings. The first-order valence-corrected chi connectivity index (χ1v) is 11.4. The van der Waals surface area contributed by atoms with Crippen LogP contribution in [-0.2, 0) is 6.54 Å². The average molecular weight is 454 g/mol. The maximum atomic E-state index is 12.5. The molecule has 172 valence electrons. The van der Waals surface area contributed by atoms with Gasteiger partial charge in [-0.2, -0.15) is 5.10 Å². The molecular weight excluding hydrogens is 426 g/mol. The molecule has 0 aliphatic rings. The van der Waals surface area contributed by atoms with Gasteiger partial charge in [0, 0.05) is 53.9 Å². The minimum atomic E-state index is -0.0660. The zero-order valence-electron chi connectivity index (χ0n) is 19.5. The largest absolute Gasteiger partial charge is 0.351 e. The molecule has 0 aliphatic carbocycles. The van der Waals surface area contributed by atoms with Crippen LogP contribution < -0.4 is 5.32 Å². The van der Waals surface area contributed by atoms with E-state index in [4.69, 9.17) is 0 Å². The van der Waals surface area contributed by atoms with Crippen LogP contribution in [0.5, 0.6) is 0 Å². The number of likely N-dealkylation sites (N-methyl/N-ethyl adjacent to an activating group) is 1. The Labute approximate surface area is 197 Å². The molecule has 8 heteroatoms. The van der Waals surface area contributed by atoms with Gasteiger partial charge < -0.3 is 15.2 Å². The minimum Gasteiger partial charge on any atom is -0.351 e. The number of carbonyl (C=O) groups excluding carboxylic acids is 1. The highest BCUT2D eigenvalue weighted by molar-refractivity contribution is 6.13. The average Bonchev–Trinajstić information content (AvgIpc) is 3.48. The van der Waals surface area contributed by atoms with Crippen LogP contribution >= 0.6 is 0 Å². The normalized spacial score (nSPS) is 11.5. The molecule has 0 bridgehead atoms. The molecule has 34 heavy (non-hydrogen) atoms. The van der Waals surface area contributed by atoms with Crippen molar-refractivity contribution >= 4 is 27.8 Å². The Morgan fingerprint density at radius 3 is 2.65 bits per heavy atom. The Balaban J connectivity index is 1.51. The van der Waals surface area contributed by atoms with Crippen molar-refractivity contribution in [1.82, 2.24) is 34.9 Å². The number of carbonyl (C=O) groups is 1. The van der Waals surface area contributed by atoms with E-state index in [9.17, 15) is 4.79 Å². The number of fused-ring (bicyclic) bond motifs is 3. The fourth-order valence-electron chi connectivity index (χ4n) is 4.08. The standard InChI is InChI=1S/C26H27N7O/c1-4-33-16-19(14-30-33)22-13-21-23(15-29-22)31-25-24(21)20(9-10-27-25)17-5-7-18(8-6-17)26(34)28-11-12-32(2)3/h5-10,13-16H,4,11-12H2,1-3H3,(H,27,31)(H,28,34). The number of aromatic nitrogens is 5. The van der Waals surface area contributed by atoms with Crippen molar-refractivity contribution in [2.24, 2.45) is 0 Å². The van der Waals surface area contributed by atoms with E-state index in [1.165, 1.54) is 0 Å². The van der Waals surface area contributed by atoms with E-state index in [1.54, 1.807) is 6.20 Å². The van der Waals surface area contributed by atoms with Crippen LogP contribution in [0.2, 0.25) is 0 Å². The van der Waals surface area contributed by atoms with Crippen molar-refractivity contribution in [2.45, 2.75) is 13.5 Å². The second-order valence-corrected chi connectivity index (χ2v) is 8.54. The Morgan fingerprint density at radius 1 is 1.09 bits per heavy atom. The molecule has 4 heterocycles. The van der Waals surface area contributed by atoms with Crippen molar-refractivity contribution in [2.75, 3.05) is 27.2 Å². The molecule has 0 unspecified atom stereocenters. The van der Waals surface area contributed by atoms with Gasteiger partial charge in [0.2, 0.25) is 0 Å². The third-order valence-corrected chi connectivity index (χ3v) is 5.93. The summed E-state index contributed by atoms with van der Waals surface area (Å²) in [5.41, 5.74) is 6.30. The van der Waals surface area contributed by atoms with Gasteiger partial charge in [0.25, 0.3) is 5.91 Å². The molecule has 0 saturated carbocycles. The molecular formula is C26H27N7O. The number of pyridine rings is 2. The number of hydrogen-bond acceptors (Lipinski definition) is 5. The molecule has 4 aromatic heterocycles. The fraction of sp³-hybridized carbons (Fsp3) is 0.231. The number of nitrogens with one attached hydrogen (secondary N) is 2. The molecule has 5 rings (SSSR count). The molecule has 1 aromatic carbocycles. The molecule has 0 spiro atoms. The lowest BCUT2D eigenvalue weighted by Crippen LogP contribution is -2.31. The van der Waals surface area contributed by atoms with Gasteiger partial charge in [0.1, 0.15) is 5.65 Å². The van der Waals surface area contributed by atoms with E-state index >= 15 is 0 Å². The molecule has 0 saturated heterocycles. The lowest BCUT2D eigenvalue weighted by atomic mass is 10.00. The van der Waals surface area contributed by atoms with E-state index < -0.39 is 0 Å². The van der Waals surface area contributed by atoms with Gasteiger partial charge in [0.15, 0.2) is 0 Å². The molecule has 0 fully saturated rings. The summed E-state index contributed by atoms with van der Waals surface area (Å²) in [6, 6.07) is 11.8. The summed E-state index contributed by atoms with van der Waals surface area (Å²) in [5.74, 6) is -0.0660. The summed E-state index contributed by atoms with van der Waals surface area (Å²) >= 11 is 0. The summed E-state index contributed by atoms with van der Waals surface area (Å²) in [6.45, 7) is 4.29. The molecule has 8 nitrogen and oxygen atoms in total. The quantitative estimate of drug-likeness (QED) is 0.389. The highest BCUT2D eigenvalue weighted by atomic mass is 16.1. The van der Waals surface area contributed by atoms with Crippen molar-refractivity contribution < 1.29 is 4.79 Å². The van der Waals surface area contributed by atoms with E-state index in [0.717, 1.165) is 57.4 Å². The first-order valence-electron chi connectivity index (χ1n) is 11.4. The first-order chi connectivity index (χ1) is 16.5. The molecule has 0 aliphatic heterocycles. The Bertz CT molecular complexity index is 1460. The lowest BCUT2D eigenvalue weighted by molar-refractivity contribution is 0.0951. The van der Waals surface area contributed by atoms with Gasteiger partial charge in [-0.25, -0.2) is 4.98 Å². The predicted octanol–water partition coefficient (Wildman–Crippen LogP) is 3.95. The number of hydrogen-bond donors (Lipinski definition) is 2. The van der Waals surface area contributed by atoms with Gasteiger partial charge in [-0.15, -0.1) is 0 Å². The SMILES string of the molecule is CCn1cc(-c2cc3c(cn2)[nH]c2nccc(-c4ccc(C(=O)NCCN(C)C)cc4)c23)cn1. The summed E-state index contributed by atoms with van der Waals surface area (Å²) in [6.07, 6.45) is 7.49. The number of aromatic amines is 1. The second kappa shape index (κ2) is 9.07. The zero-order chi connectivity index (χ0) is 23.7. The number of H-pyrrole nitrogens is 1. The third kappa shape index (κ3) is 4.15. The number of aryl methyl sites for hydroxylation is 1. The van der Waals surface area contributed by atoms with Gasteiger partial charge in [0.05, 0.1) is 23.6 Å². The van der Waals surface area contributed by atoms with Gasteiger partial charge in [-0.1, -0.05) is 12.1 Å². The molecule has 0 atom stereocenters. The Hall–Kier alpha value is -4.04. The molecule has 0 radical (unpaired) electrons. The molecule has 1 amide bonds. The predicted molar refractivity (Wildman–Crippen MR) is 135 cm³/mol. The minimum absolute atomic E-state index is 0.0660. The van der Waals surface area contributed by atoms with Gasteiger partial charge in [-0.3, -0.25) is 14.5 Å².